The molecule has 0 unspecified atom stereocenters. The minimum Gasteiger partial charge on any atom is -0.399 e. The van der Waals surface area contributed by atoms with E-state index in [4.69, 9.17) is 5.73 Å². The molecule has 4 N–H and O–H groups in total. The van der Waals surface area contributed by atoms with Gasteiger partial charge in [0.2, 0.25) is 0 Å². The number of alkyl halides is 3. The summed E-state index contributed by atoms with van der Waals surface area (Å²) >= 11 is 0. The van der Waals surface area contributed by atoms with Crippen LogP contribution in [0, 0.1) is 6.92 Å². The van der Waals surface area contributed by atoms with E-state index in [0.29, 0.717) is 28.1 Å². The summed E-state index contributed by atoms with van der Waals surface area (Å²) in [6.07, 6.45) is -3.81. The van der Waals surface area contributed by atoms with Gasteiger partial charge < -0.3 is 16.4 Å². The third kappa shape index (κ3) is 6.03. The molecule has 4 aromatic rings. The zero-order valence-electron chi connectivity index (χ0n) is 20.8. The van der Waals surface area contributed by atoms with Crippen LogP contribution in [-0.4, -0.2) is 11.8 Å². The third-order valence-electron chi connectivity index (χ3n) is 6.15. The molecule has 0 aliphatic carbocycles. The van der Waals surface area contributed by atoms with Crippen molar-refractivity contribution in [2.45, 2.75) is 26.4 Å². The van der Waals surface area contributed by atoms with Crippen LogP contribution < -0.4 is 16.4 Å². The van der Waals surface area contributed by atoms with Gasteiger partial charge in [0.25, 0.3) is 11.8 Å². The van der Waals surface area contributed by atoms with Gasteiger partial charge in [-0.1, -0.05) is 31.2 Å². The Labute approximate surface area is 218 Å². The molecule has 4 aromatic carbocycles. The van der Waals surface area contributed by atoms with Gasteiger partial charge in [0.05, 0.1) is 5.56 Å². The molecule has 0 fully saturated rings. The van der Waals surface area contributed by atoms with Gasteiger partial charge in [0.15, 0.2) is 0 Å². The fourth-order valence-electron chi connectivity index (χ4n) is 4.07. The van der Waals surface area contributed by atoms with E-state index in [9.17, 15) is 22.8 Å². The van der Waals surface area contributed by atoms with Crippen LogP contribution >= 0.6 is 0 Å². The molecule has 0 spiro atoms. The summed E-state index contributed by atoms with van der Waals surface area (Å²) in [6, 6.07) is 21.7. The number of hydrogen-bond donors (Lipinski definition) is 3. The average molecular weight is 518 g/mol. The highest BCUT2D eigenvalue weighted by molar-refractivity contribution is 6.05. The van der Waals surface area contributed by atoms with Gasteiger partial charge in [-0.2, -0.15) is 13.2 Å². The largest absolute Gasteiger partial charge is 0.417 e. The van der Waals surface area contributed by atoms with Crippen molar-refractivity contribution >= 4 is 28.9 Å². The van der Waals surface area contributed by atoms with E-state index in [1.165, 1.54) is 36.4 Å². The first-order valence-electron chi connectivity index (χ1n) is 11.9. The maximum atomic E-state index is 14.1. The molecule has 0 atom stereocenters. The summed E-state index contributed by atoms with van der Waals surface area (Å²) < 4.78 is 42.2. The molecular weight excluding hydrogens is 491 g/mol. The minimum absolute atomic E-state index is 0.0125. The van der Waals surface area contributed by atoms with Crippen LogP contribution in [0.2, 0.25) is 0 Å². The number of carbonyl (C=O) groups is 2. The molecule has 0 saturated heterocycles. The van der Waals surface area contributed by atoms with E-state index in [0.717, 1.165) is 18.1 Å². The fourth-order valence-corrected chi connectivity index (χ4v) is 4.07. The molecule has 0 radical (unpaired) electrons. The average Bonchev–Trinajstić information content (AvgIpc) is 2.89. The predicted octanol–water partition coefficient (Wildman–Crippen LogP) is 7.33. The number of rotatable bonds is 6. The number of amides is 2. The first-order chi connectivity index (χ1) is 18.0. The minimum atomic E-state index is -4.67. The topological polar surface area (TPSA) is 84.2 Å². The molecule has 0 aromatic heterocycles. The van der Waals surface area contributed by atoms with Gasteiger partial charge in [-0.15, -0.1) is 0 Å². The van der Waals surface area contributed by atoms with Gasteiger partial charge in [0.1, 0.15) is 0 Å². The van der Waals surface area contributed by atoms with Gasteiger partial charge in [-0.25, -0.2) is 0 Å². The Morgan fingerprint density at radius 3 is 1.74 bits per heavy atom. The normalized spacial score (nSPS) is 11.2. The quantitative estimate of drug-likeness (QED) is 0.234. The summed E-state index contributed by atoms with van der Waals surface area (Å²) in [7, 11) is 0. The number of carbonyl (C=O) groups excluding carboxylic acids is 2. The maximum Gasteiger partial charge on any atom is 0.417 e. The van der Waals surface area contributed by atoms with Crippen LogP contribution in [0.3, 0.4) is 0 Å². The molecule has 0 aliphatic rings. The molecule has 0 heterocycles. The van der Waals surface area contributed by atoms with Crippen molar-refractivity contribution in [2.75, 3.05) is 16.4 Å². The number of nitrogens with one attached hydrogen (secondary N) is 2. The van der Waals surface area contributed by atoms with E-state index in [-0.39, 0.29) is 22.7 Å². The Balaban J connectivity index is 1.58. The molecule has 194 valence electrons. The van der Waals surface area contributed by atoms with Crippen LogP contribution in [0.1, 0.15) is 44.3 Å². The highest BCUT2D eigenvalue weighted by Crippen LogP contribution is 2.40. The highest BCUT2D eigenvalue weighted by Gasteiger charge is 2.34. The summed E-state index contributed by atoms with van der Waals surface area (Å²) in [5, 5.41) is 5.30. The van der Waals surface area contributed by atoms with Crippen molar-refractivity contribution in [3.63, 3.8) is 0 Å². The Morgan fingerprint density at radius 2 is 1.24 bits per heavy atom. The Hall–Kier alpha value is -4.59. The van der Waals surface area contributed by atoms with Crippen LogP contribution in [0.15, 0.2) is 84.9 Å². The van der Waals surface area contributed by atoms with E-state index in [1.807, 2.05) is 19.1 Å². The molecular formula is C30H26F3N3O2. The second-order valence-corrected chi connectivity index (χ2v) is 8.87. The number of hydrogen-bond acceptors (Lipinski definition) is 3. The molecule has 4 rings (SSSR count). The molecule has 8 heteroatoms. The van der Waals surface area contributed by atoms with Gasteiger partial charge in [0, 0.05) is 28.2 Å². The van der Waals surface area contributed by atoms with E-state index >= 15 is 0 Å². The molecule has 0 bridgehead atoms. The van der Waals surface area contributed by atoms with Crippen LogP contribution in [-0.2, 0) is 12.6 Å². The summed E-state index contributed by atoms with van der Waals surface area (Å²) in [5.74, 6) is -0.858. The third-order valence-corrected chi connectivity index (χ3v) is 6.15. The van der Waals surface area contributed by atoms with E-state index < -0.39 is 17.6 Å². The number of nitrogen functional groups attached to an aromatic ring is 1. The molecule has 2 amide bonds. The number of benzene rings is 4. The lowest BCUT2D eigenvalue weighted by atomic mass is 9.94. The van der Waals surface area contributed by atoms with Gasteiger partial charge in [-0.3, -0.25) is 9.59 Å². The second kappa shape index (κ2) is 10.8. The molecule has 0 saturated carbocycles. The second-order valence-electron chi connectivity index (χ2n) is 8.87. The SMILES string of the molecule is CCc1ccc(C(=O)Nc2ccc(-c3ccc(NC(=O)c4ccc(N)cc4)cc3C(F)(F)F)c(C)c2)cc1. The van der Waals surface area contributed by atoms with Crippen LogP contribution in [0.5, 0.6) is 0 Å². The van der Waals surface area contributed by atoms with Crippen molar-refractivity contribution in [3.05, 3.63) is 113 Å². The zero-order valence-corrected chi connectivity index (χ0v) is 20.8. The zero-order chi connectivity index (χ0) is 27.4. The number of halogens is 3. The first-order valence-corrected chi connectivity index (χ1v) is 11.9. The van der Waals surface area contributed by atoms with E-state index in [2.05, 4.69) is 10.6 Å². The van der Waals surface area contributed by atoms with Crippen molar-refractivity contribution in [1.82, 2.24) is 0 Å². The molecule has 0 aliphatic heterocycles. The Bertz CT molecular complexity index is 1480. The molecule has 5 nitrogen and oxygen atoms in total. The summed E-state index contributed by atoms with van der Waals surface area (Å²) in [5.41, 5.74) is 8.43. The predicted molar refractivity (Wildman–Crippen MR) is 144 cm³/mol. The monoisotopic (exact) mass is 517 g/mol. The standard InChI is InChI=1S/C30H26F3N3O2/c1-3-19-4-6-20(7-5-19)28(37)35-23-12-14-25(18(2)16-23)26-15-13-24(17-27(26)30(31,32)33)36-29(38)21-8-10-22(34)11-9-21/h4-17H,3,34H2,1-2H3,(H,35,37)(H,36,38). The van der Waals surface area contributed by atoms with Crippen molar-refractivity contribution in [1.29, 1.82) is 0 Å². The van der Waals surface area contributed by atoms with Gasteiger partial charge >= 0.3 is 6.18 Å². The lowest BCUT2D eigenvalue weighted by Gasteiger charge is -2.17. The number of anilines is 3. The Morgan fingerprint density at radius 1 is 0.737 bits per heavy atom. The van der Waals surface area contributed by atoms with Crippen LogP contribution in [0.25, 0.3) is 11.1 Å². The van der Waals surface area contributed by atoms with Crippen molar-refractivity contribution in [3.8, 4) is 11.1 Å². The summed E-state index contributed by atoms with van der Waals surface area (Å²) in [4.78, 5) is 25.1. The smallest absolute Gasteiger partial charge is 0.399 e. The van der Waals surface area contributed by atoms with Crippen molar-refractivity contribution in [2.24, 2.45) is 0 Å². The highest BCUT2D eigenvalue weighted by atomic mass is 19.4. The summed E-state index contributed by atoms with van der Waals surface area (Å²) in [6.45, 7) is 3.70. The lowest BCUT2D eigenvalue weighted by molar-refractivity contribution is -0.137. The lowest BCUT2D eigenvalue weighted by Crippen LogP contribution is -2.14. The maximum absolute atomic E-state index is 14.1. The van der Waals surface area contributed by atoms with Crippen molar-refractivity contribution < 1.29 is 22.8 Å². The number of nitrogens with two attached hydrogens (primary N) is 1. The van der Waals surface area contributed by atoms with E-state index in [1.54, 1.807) is 37.3 Å². The van der Waals surface area contributed by atoms with Gasteiger partial charge in [-0.05, 0) is 96.3 Å². The fraction of sp³-hybridized carbons (Fsp3) is 0.133. The van der Waals surface area contributed by atoms with Crippen LogP contribution in [0.4, 0.5) is 30.2 Å². The Kier molecular flexibility index (Phi) is 7.52. The molecule has 38 heavy (non-hydrogen) atoms. The first kappa shape index (κ1) is 26.5. The number of aryl methyl sites for hydroxylation is 2.